The first-order valence-electron chi connectivity index (χ1n) is 5.39. The zero-order valence-corrected chi connectivity index (χ0v) is 9.59. The van der Waals surface area contributed by atoms with E-state index in [1.54, 1.807) is 6.20 Å². The van der Waals surface area contributed by atoms with Crippen LogP contribution in [0.4, 0.5) is 0 Å². The lowest BCUT2D eigenvalue weighted by atomic mass is 10.1. The molecule has 0 aliphatic rings. The highest BCUT2D eigenvalue weighted by molar-refractivity contribution is 5.23. The Bertz CT molecular complexity index is 459. The number of nitrogens with zero attached hydrogens (tertiary/aromatic N) is 2. The molecule has 1 aromatic carbocycles. The number of benzene rings is 1. The molecular weight excluding hydrogens is 200 g/mol. The van der Waals surface area contributed by atoms with Crippen LogP contribution in [0.1, 0.15) is 23.1 Å². The number of hydrogen-bond donors (Lipinski definition) is 1. The van der Waals surface area contributed by atoms with Crippen molar-refractivity contribution in [1.29, 1.82) is 0 Å². The number of imidazole rings is 1. The minimum Gasteiger partial charge on any atom is -0.387 e. The summed E-state index contributed by atoms with van der Waals surface area (Å²) in [7, 11) is 0. The zero-order chi connectivity index (χ0) is 11.5. The van der Waals surface area contributed by atoms with Crippen molar-refractivity contribution in [3.05, 3.63) is 53.6 Å². The Balaban J connectivity index is 2.11. The molecule has 0 saturated heterocycles. The number of rotatable bonds is 3. The van der Waals surface area contributed by atoms with Crippen LogP contribution in [-0.4, -0.2) is 14.7 Å². The third-order valence-electron chi connectivity index (χ3n) is 2.76. The van der Waals surface area contributed by atoms with Crippen LogP contribution in [0.2, 0.25) is 0 Å². The molecule has 0 aliphatic carbocycles. The maximum Gasteiger partial charge on any atom is 0.105 e. The Hall–Kier alpha value is -1.61. The van der Waals surface area contributed by atoms with Crippen LogP contribution in [0.15, 0.2) is 36.7 Å². The average Bonchev–Trinajstić information content (AvgIpc) is 2.65. The smallest absolute Gasteiger partial charge is 0.105 e. The maximum absolute atomic E-state index is 10.1. The molecule has 0 amide bonds. The summed E-state index contributed by atoms with van der Waals surface area (Å²) in [5.74, 6) is 0.922. The topological polar surface area (TPSA) is 38.0 Å². The van der Waals surface area contributed by atoms with Crippen LogP contribution in [0.3, 0.4) is 0 Å². The highest BCUT2D eigenvalue weighted by Gasteiger charge is 2.08. The Morgan fingerprint density at radius 1 is 1.25 bits per heavy atom. The third-order valence-corrected chi connectivity index (χ3v) is 2.76. The van der Waals surface area contributed by atoms with E-state index in [1.165, 1.54) is 5.56 Å². The van der Waals surface area contributed by atoms with Crippen molar-refractivity contribution >= 4 is 0 Å². The number of aromatic nitrogens is 2. The van der Waals surface area contributed by atoms with Gasteiger partial charge in [0.2, 0.25) is 0 Å². The van der Waals surface area contributed by atoms with Gasteiger partial charge >= 0.3 is 0 Å². The van der Waals surface area contributed by atoms with Gasteiger partial charge in [-0.1, -0.05) is 29.8 Å². The summed E-state index contributed by atoms with van der Waals surface area (Å²) < 4.78 is 1.95. The maximum atomic E-state index is 10.1. The fraction of sp³-hybridized carbons (Fsp3) is 0.308. The van der Waals surface area contributed by atoms with E-state index in [0.29, 0.717) is 6.54 Å². The Labute approximate surface area is 95.4 Å². The van der Waals surface area contributed by atoms with Gasteiger partial charge in [0.05, 0.1) is 12.6 Å². The first-order chi connectivity index (χ1) is 7.66. The van der Waals surface area contributed by atoms with Crippen molar-refractivity contribution < 1.29 is 5.11 Å². The van der Waals surface area contributed by atoms with Crippen molar-refractivity contribution in [2.45, 2.75) is 26.5 Å². The molecule has 0 aliphatic heterocycles. The van der Waals surface area contributed by atoms with Crippen LogP contribution < -0.4 is 0 Å². The van der Waals surface area contributed by atoms with Gasteiger partial charge in [-0.25, -0.2) is 4.98 Å². The number of aliphatic hydroxyl groups is 1. The molecule has 0 spiro atoms. The minimum atomic E-state index is -0.478. The second kappa shape index (κ2) is 4.49. The molecule has 0 bridgehead atoms. The van der Waals surface area contributed by atoms with Gasteiger partial charge in [-0.05, 0) is 19.4 Å². The summed E-state index contributed by atoms with van der Waals surface area (Å²) in [5, 5.41) is 10.1. The first-order valence-corrected chi connectivity index (χ1v) is 5.39. The van der Waals surface area contributed by atoms with Gasteiger partial charge in [0.15, 0.2) is 0 Å². The molecule has 3 nitrogen and oxygen atoms in total. The molecule has 84 valence electrons. The van der Waals surface area contributed by atoms with Crippen LogP contribution in [-0.2, 0) is 6.54 Å². The van der Waals surface area contributed by atoms with Crippen LogP contribution in [0.5, 0.6) is 0 Å². The second-order valence-electron chi connectivity index (χ2n) is 4.05. The van der Waals surface area contributed by atoms with Crippen LogP contribution in [0.25, 0.3) is 0 Å². The van der Waals surface area contributed by atoms with E-state index < -0.39 is 6.10 Å². The lowest BCUT2D eigenvalue weighted by Crippen LogP contribution is -2.09. The summed E-state index contributed by atoms with van der Waals surface area (Å²) in [5.41, 5.74) is 2.15. The summed E-state index contributed by atoms with van der Waals surface area (Å²) in [6.45, 7) is 4.52. The van der Waals surface area contributed by atoms with E-state index in [0.717, 1.165) is 11.4 Å². The van der Waals surface area contributed by atoms with E-state index in [-0.39, 0.29) is 0 Å². The van der Waals surface area contributed by atoms with Crippen LogP contribution in [0, 0.1) is 13.8 Å². The molecule has 1 heterocycles. The molecule has 1 unspecified atom stereocenters. The summed E-state index contributed by atoms with van der Waals surface area (Å²) in [6.07, 6.45) is 3.15. The standard InChI is InChI=1S/C13H16N2O/c1-10-3-5-12(6-4-10)13(16)9-15-8-7-14-11(15)2/h3-8,13,16H,9H2,1-2H3. The summed E-state index contributed by atoms with van der Waals surface area (Å²) >= 11 is 0. The normalized spacial score (nSPS) is 12.7. The number of aryl methyl sites for hydroxylation is 2. The third kappa shape index (κ3) is 2.31. The van der Waals surface area contributed by atoms with Crippen molar-refractivity contribution in [1.82, 2.24) is 9.55 Å². The largest absolute Gasteiger partial charge is 0.387 e. The van der Waals surface area contributed by atoms with Crippen LogP contribution >= 0.6 is 0 Å². The predicted molar refractivity (Wildman–Crippen MR) is 63.1 cm³/mol. The monoisotopic (exact) mass is 216 g/mol. The van der Waals surface area contributed by atoms with Crippen molar-refractivity contribution in [2.24, 2.45) is 0 Å². The van der Waals surface area contributed by atoms with E-state index in [4.69, 9.17) is 0 Å². The molecule has 0 saturated carbocycles. The fourth-order valence-corrected chi connectivity index (χ4v) is 1.68. The average molecular weight is 216 g/mol. The highest BCUT2D eigenvalue weighted by Crippen LogP contribution is 2.16. The lowest BCUT2D eigenvalue weighted by Gasteiger charge is -2.13. The Morgan fingerprint density at radius 3 is 2.50 bits per heavy atom. The first kappa shape index (κ1) is 10.9. The second-order valence-corrected chi connectivity index (χ2v) is 4.05. The molecule has 1 aromatic heterocycles. The van der Waals surface area contributed by atoms with E-state index in [2.05, 4.69) is 4.98 Å². The molecule has 3 heteroatoms. The molecule has 2 rings (SSSR count). The minimum absolute atomic E-state index is 0.478. The van der Waals surface area contributed by atoms with Crippen molar-refractivity contribution in [2.75, 3.05) is 0 Å². The van der Waals surface area contributed by atoms with Gasteiger partial charge in [-0.2, -0.15) is 0 Å². The Kier molecular flexibility index (Phi) is 3.06. The number of hydrogen-bond acceptors (Lipinski definition) is 2. The molecule has 0 fully saturated rings. The summed E-state index contributed by atoms with van der Waals surface area (Å²) in [4.78, 5) is 4.13. The van der Waals surface area contributed by atoms with Gasteiger partial charge in [0.1, 0.15) is 5.82 Å². The molecule has 0 radical (unpaired) electrons. The van der Waals surface area contributed by atoms with Gasteiger partial charge in [-0.3, -0.25) is 0 Å². The highest BCUT2D eigenvalue weighted by atomic mass is 16.3. The van der Waals surface area contributed by atoms with Gasteiger partial charge in [-0.15, -0.1) is 0 Å². The quantitative estimate of drug-likeness (QED) is 0.854. The predicted octanol–water partition coefficient (Wildman–Crippen LogP) is 2.23. The van der Waals surface area contributed by atoms with E-state index in [9.17, 15) is 5.11 Å². The summed E-state index contributed by atoms with van der Waals surface area (Å²) in [6, 6.07) is 7.96. The fourth-order valence-electron chi connectivity index (χ4n) is 1.68. The molecular formula is C13H16N2O. The molecule has 1 atom stereocenters. The van der Waals surface area contributed by atoms with Gasteiger partial charge < -0.3 is 9.67 Å². The molecule has 2 aromatic rings. The Morgan fingerprint density at radius 2 is 1.94 bits per heavy atom. The van der Waals surface area contributed by atoms with Gasteiger partial charge in [0, 0.05) is 12.4 Å². The molecule has 1 N–H and O–H groups in total. The van der Waals surface area contributed by atoms with Gasteiger partial charge in [0.25, 0.3) is 0 Å². The zero-order valence-electron chi connectivity index (χ0n) is 9.59. The van der Waals surface area contributed by atoms with Crippen molar-refractivity contribution in [3.63, 3.8) is 0 Å². The molecule has 16 heavy (non-hydrogen) atoms. The lowest BCUT2D eigenvalue weighted by molar-refractivity contribution is 0.155. The SMILES string of the molecule is Cc1ccc(C(O)Cn2ccnc2C)cc1. The van der Waals surface area contributed by atoms with E-state index >= 15 is 0 Å². The van der Waals surface area contributed by atoms with E-state index in [1.807, 2.05) is 48.9 Å². The number of aliphatic hydroxyl groups excluding tert-OH is 1. The van der Waals surface area contributed by atoms with Crippen molar-refractivity contribution in [3.8, 4) is 0 Å².